The molecular weight excluding hydrogens is 348 g/mol. The zero-order chi connectivity index (χ0) is 20.5. The molecule has 0 saturated carbocycles. The van der Waals surface area contributed by atoms with Gasteiger partial charge in [-0.2, -0.15) is 0 Å². The third-order valence-electron chi connectivity index (χ3n) is 4.97. The van der Waals surface area contributed by atoms with Crippen molar-refractivity contribution in [3.63, 3.8) is 0 Å². The summed E-state index contributed by atoms with van der Waals surface area (Å²) in [5.74, 6) is 0.130. The minimum atomic E-state index is 0.0651. The molecule has 4 heteroatoms. The Labute approximate surface area is 171 Å². The summed E-state index contributed by atoms with van der Waals surface area (Å²) < 4.78 is 0. The van der Waals surface area contributed by atoms with Crippen molar-refractivity contribution >= 4 is 23.2 Å². The zero-order valence-electron chi connectivity index (χ0n) is 18.0. The van der Waals surface area contributed by atoms with E-state index in [1.807, 2.05) is 24.3 Å². The van der Waals surface area contributed by atoms with Crippen molar-refractivity contribution < 1.29 is 9.59 Å². The molecule has 2 N–H and O–H groups in total. The lowest BCUT2D eigenvalue weighted by Crippen LogP contribution is -2.12. The summed E-state index contributed by atoms with van der Waals surface area (Å²) in [6.07, 6.45) is 15.3. The van der Waals surface area contributed by atoms with Crippen LogP contribution in [0.3, 0.4) is 0 Å². The fourth-order valence-corrected chi connectivity index (χ4v) is 3.22. The Morgan fingerprint density at radius 1 is 0.571 bits per heavy atom. The molecule has 2 amide bonds. The monoisotopic (exact) mass is 388 g/mol. The summed E-state index contributed by atoms with van der Waals surface area (Å²) in [5.41, 5.74) is 1.56. The van der Waals surface area contributed by atoms with Gasteiger partial charge in [0.2, 0.25) is 11.8 Å². The van der Waals surface area contributed by atoms with E-state index in [1.54, 1.807) is 0 Å². The normalized spacial score (nSPS) is 10.6. The molecule has 0 saturated heterocycles. The van der Waals surface area contributed by atoms with Crippen LogP contribution >= 0.6 is 0 Å². The van der Waals surface area contributed by atoms with E-state index in [-0.39, 0.29) is 11.8 Å². The molecule has 0 atom stereocenters. The molecule has 158 valence electrons. The fourth-order valence-electron chi connectivity index (χ4n) is 3.22. The summed E-state index contributed by atoms with van der Waals surface area (Å²) in [6, 6.07) is 7.39. The van der Waals surface area contributed by atoms with Crippen LogP contribution in [0.15, 0.2) is 24.3 Å². The highest BCUT2D eigenvalue weighted by molar-refractivity contribution is 5.92. The van der Waals surface area contributed by atoms with Crippen LogP contribution in [0.4, 0.5) is 11.4 Å². The van der Waals surface area contributed by atoms with Crippen LogP contribution in [0.2, 0.25) is 0 Å². The van der Waals surface area contributed by atoms with Gasteiger partial charge in [0.1, 0.15) is 0 Å². The lowest BCUT2D eigenvalue weighted by molar-refractivity contribution is -0.117. The minimum absolute atomic E-state index is 0.0651. The minimum Gasteiger partial charge on any atom is -0.326 e. The summed E-state index contributed by atoms with van der Waals surface area (Å²) in [4.78, 5) is 24.0. The lowest BCUT2D eigenvalue weighted by Gasteiger charge is -2.08. The Morgan fingerprint density at radius 3 is 1.25 bits per heavy atom. The molecule has 0 bridgehead atoms. The van der Waals surface area contributed by atoms with Crippen LogP contribution in [0.1, 0.15) is 104 Å². The molecule has 0 aliphatic rings. The molecule has 28 heavy (non-hydrogen) atoms. The van der Waals surface area contributed by atoms with E-state index < -0.39 is 0 Å². The van der Waals surface area contributed by atoms with Gasteiger partial charge in [-0.05, 0) is 37.1 Å². The molecule has 0 spiro atoms. The number of hydrogen-bond donors (Lipinski definition) is 2. The summed E-state index contributed by atoms with van der Waals surface area (Å²) >= 11 is 0. The first-order chi connectivity index (χ1) is 13.7. The van der Waals surface area contributed by atoms with Crippen molar-refractivity contribution in [3.8, 4) is 0 Å². The molecule has 1 aromatic rings. The number of anilines is 2. The van der Waals surface area contributed by atoms with Gasteiger partial charge in [-0.3, -0.25) is 9.59 Å². The Kier molecular flexibility index (Phi) is 14.0. The van der Waals surface area contributed by atoms with Crippen LogP contribution in [-0.4, -0.2) is 11.8 Å². The van der Waals surface area contributed by atoms with Crippen molar-refractivity contribution in [1.82, 2.24) is 0 Å². The van der Waals surface area contributed by atoms with Gasteiger partial charge in [-0.1, -0.05) is 78.1 Å². The van der Waals surface area contributed by atoms with Gasteiger partial charge in [0.25, 0.3) is 0 Å². The average Bonchev–Trinajstić information content (AvgIpc) is 2.69. The Morgan fingerprint density at radius 2 is 0.893 bits per heavy atom. The number of rotatable bonds is 16. The number of nitrogens with one attached hydrogen (secondary N) is 2. The van der Waals surface area contributed by atoms with Gasteiger partial charge in [-0.15, -0.1) is 0 Å². The van der Waals surface area contributed by atoms with Crippen LogP contribution in [0.25, 0.3) is 0 Å². The second-order valence-corrected chi connectivity index (χ2v) is 7.71. The topological polar surface area (TPSA) is 58.2 Å². The van der Waals surface area contributed by atoms with E-state index in [4.69, 9.17) is 0 Å². The molecule has 4 nitrogen and oxygen atoms in total. The molecule has 0 heterocycles. The zero-order valence-corrected chi connectivity index (χ0v) is 18.0. The van der Waals surface area contributed by atoms with E-state index >= 15 is 0 Å². The number of carbonyl (C=O) groups excluding carboxylic acids is 2. The molecule has 0 fully saturated rings. The highest BCUT2D eigenvalue weighted by atomic mass is 16.2. The highest BCUT2D eigenvalue weighted by Crippen LogP contribution is 2.15. The highest BCUT2D eigenvalue weighted by Gasteiger charge is 2.05. The average molecular weight is 389 g/mol. The van der Waals surface area contributed by atoms with Gasteiger partial charge in [-0.25, -0.2) is 0 Å². The molecule has 0 aromatic heterocycles. The maximum atomic E-state index is 12.0. The first kappa shape index (κ1) is 24.2. The third-order valence-corrected chi connectivity index (χ3v) is 4.97. The maximum absolute atomic E-state index is 12.0. The van der Waals surface area contributed by atoms with Crippen molar-refractivity contribution in [3.05, 3.63) is 24.3 Å². The number of amides is 2. The SMILES string of the molecule is CCCCCCCCC(=O)Nc1ccc(NC(=O)CCCCCCCC)cc1. The standard InChI is InChI=1S/C24H40N2O2/c1-3-5-7-9-11-13-15-23(27)25-21-17-19-22(20-18-21)26-24(28)16-14-12-10-8-6-4-2/h17-20H,3-16H2,1-2H3,(H,25,27)(H,26,28). The van der Waals surface area contributed by atoms with Gasteiger partial charge in [0.15, 0.2) is 0 Å². The van der Waals surface area contributed by atoms with Crippen molar-refractivity contribution in [2.75, 3.05) is 10.6 Å². The maximum Gasteiger partial charge on any atom is 0.224 e. The largest absolute Gasteiger partial charge is 0.326 e. The number of benzene rings is 1. The molecule has 0 unspecified atom stereocenters. The van der Waals surface area contributed by atoms with Crippen molar-refractivity contribution in [2.45, 2.75) is 104 Å². The van der Waals surface area contributed by atoms with Gasteiger partial charge < -0.3 is 10.6 Å². The molecule has 1 aromatic carbocycles. The van der Waals surface area contributed by atoms with E-state index in [2.05, 4.69) is 24.5 Å². The van der Waals surface area contributed by atoms with Gasteiger partial charge in [0, 0.05) is 24.2 Å². The number of carbonyl (C=O) groups is 2. The Balaban J connectivity index is 2.18. The second-order valence-electron chi connectivity index (χ2n) is 7.71. The first-order valence-electron chi connectivity index (χ1n) is 11.4. The molecule has 0 aliphatic heterocycles. The van der Waals surface area contributed by atoms with Gasteiger partial charge >= 0.3 is 0 Å². The first-order valence-corrected chi connectivity index (χ1v) is 11.4. The molecule has 0 radical (unpaired) electrons. The summed E-state index contributed by atoms with van der Waals surface area (Å²) in [5, 5.41) is 5.86. The third kappa shape index (κ3) is 12.5. The lowest BCUT2D eigenvalue weighted by atomic mass is 10.1. The molecular formula is C24H40N2O2. The van der Waals surface area contributed by atoms with Crippen LogP contribution in [0, 0.1) is 0 Å². The summed E-state index contributed by atoms with van der Waals surface area (Å²) in [7, 11) is 0. The summed E-state index contributed by atoms with van der Waals surface area (Å²) in [6.45, 7) is 4.42. The number of unbranched alkanes of at least 4 members (excludes halogenated alkanes) is 10. The predicted molar refractivity (Wildman–Crippen MR) is 120 cm³/mol. The molecule has 1 rings (SSSR count). The van der Waals surface area contributed by atoms with Crippen LogP contribution in [-0.2, 0) is 9.59 Å². The predicted octanol–water partition coefficient (Wildman–Crippen LogP) is 7.06. The molecule has 0 aliphatic carbocycles. The van der Waals surface area contributed by atoms with E-state index in [0.29, 0.717) is 12.8 Å². The van der Waals surface area contributed by atoms with E-state index in [9.17, 15) is 9.59 Å². The van der Waals surface area contributed by atoms with E-state index in [0.717, 1.165) is 37.1 Å². The Hall–Kier alpha value is -1.84. The van der Waals surface area contributed by atoms with Crippen LogP contribution < -0.4 is 10.6 Å². The van der Waals surface area contributed by atoms with Crippen molar-refractivity contribution in [1.29, 1.82) is 0 Å². The van der Waals surface area contributed by atoms with Crippen LogP contribution in [0.5, 0.6) is 0 Å². The second kappa shape index (κ2) is 16.1. The number of hydrogen-bond acceptors (Lipinski definition) is 2. The van der Waals surface area contributed by atoms with Gasteiger partial charge in [0.05, 0.1) is 0 Å². The fraction of sp³-hybridized carbons (Fsp3) is 0.667. The van der Waals surface area contributed by atoms with E-state index in [1.165, 1.54) is 51.4 Å². The smallest absolute Gasteiger partial charge is 0.224 e. The van der Waals surface area contributed by atoms with Crippen molar-refractivity contribution in [2.24, 2.45) is 0 Å². The quantitative estimate of drug-likeness (QED) is 0.298. The Bertz CT molecular complexity index is 491.